The molecule has 0 radical (unpaired) electrons. The van der Waals surface area contributed by atoms with Crippen molar-refractivity contribution in [3.63, 3.8) is 0 Å². The van der Waals surface area contributed by atoms with Gasteiger partial charge in [-0.05, 0) is 73.1 Å². The number of aromatic hydroxyl groups is 1. The normalized spacial score (nSPS) is 15.9. The van der Waals surface area contributed by atoms with E-state index in [1.807, 2.05) is 13.8 Å². The maximum absolute atomic E-state index is 12.4. The van der Waals surface area contributed by atoms with Crippen LogP contribution in [0.1, 0.15) is 24.5 Å². The second-order valence-electron chi connectivity index (χ2n) is 6.58. The van der Waals surface area contributed by atoms with Crippen molar-refractivity contribution in [1.29, 1.82) is 0 Å². The van der Waals surface area contributed by atoms with Gasteiger partial charge in [0.25, 0.3) is 5.91 Å². The summed E-state index contributed by atoms with van der Waals surface area (Å²) in [7, 11) is 0. The van der Waals surface area contributed by atoms with E-state index in [1.165, 1.54) is 11.8 Å². The second kappa shape index (κ2) is 10.0. The van der Waals surface area contributed by atoms with E-state index in [2.05, 4.69) is 10.3 Å². The van der Waals surface area contributed by atoms with E-state index in [-0.39, 0.29) is 24.7 Å². The van der Waals surface area contributed by atoms with E-state index in [1.54, 1.807) is 42.5 Å². The number of aliphatic carboxylic acids is 1. The molecule has 31 heavy (non-hydrogen) atoms. The highest BCUT2D eigenvalue weighted by atomic mass is 32.2. The zero-order valence-electron chi connectivity index (χ0n) is 17.0. The number of nitrogens with zero attached hydrogens (tertiary/aromatic N) is 1. The number of hydrogen-bond donors (Lipinski definition) is 3. The van der Waals surface area contributed by atoms with Crippen molar-refractivity contribution in [2.75, 3.05) is 13.2 Å². The fraction of sp³-hybridized carbons (Fsp3) is 0.227. The molecule has 9 heteroatoms. The second-order valence-corrected chi connectivity index (χ2v) is 7.61. The summed E-state index contributed by atoms with van der Waals surface area (Å²) >= 11 is 1.21. The van der Waals surface area contributed by atoms with Gasteiger partial charge in [0, 0.05) is 0 Å². The van der Waals surface area contributed by atoms with Crippen molar-refractivity contribution in [2.45, 2.75) is 20.3 Å². The maximum atomic E-state index is 12.4. The highest BCUT2D eigenvalue weighted by Gasteiger charge is 2.24. The minimum absolute atomic E-state index is 0.0323. The van der Waals surface area contributed by atoms with Crippen LogP contribution >= 0.6 is 11.8 Å². The summed E-state index contributed by atoms with van der Waals surface area (Å²) in [5.74, 6) is -0.132. The van der Waals surface area contributed by atoms with Gasteiger partial charge in [-0.2, -0.15) is 0 Å². The number of ether oxygens (including phenoxy) is 2. The molecule has 0 bridgehead atoms. The quantitative estimate of drug-likeness (QED) is 0.532. The molecule has 1 aliphatic heterocycles. The molecule has 2 aromatic rings. The molecule has 0 spiro atoms. The van der Waals surface area contributed by atoms with Crippen LogP contribution in [0.5, 0.6) is 17.2 Å². The van der Waals surface area contributed by atoms with Gasteiger partial charge in [0.05, 0.1) is 30.2 Å². The third-order valence-electron chi connectivity index (χ3n) is 4.19. The Morgan fingerprint density at radius 1 is 1.19 bits per heavy atom. The van der Waals surface area contributed by atoms with Gasteiger partial charge in [-0.1, -0.05) is 6.07 Å². The van der Waals surface area contributed by atoms with Gasteiger partial charge in [0.1, 0.15) is 5.75 Å². The molecule has 0 unspecified atom stereocenters. The van der Waals surface area contributed by atoms with Crippen LogP contribution in [0.4, 0.5) is 5.69 Å². The minimum atomic E-state index is -0.941. The number of amides is 1. The van der Waals surface area contributed by atoms with Crippen LogP contribution in [0.25, 0.3) is 6.08 Å². The highest BCUT2D eigenvalue weighted by molar-refractivity contribution is 8.18. The van der Waals surface area contributed by atoms with Crippen LogP contribution in [0, 0.1) is 6.92 Å². The Bertz CT molecular complexity index is 1060. The molecule has 1 heterocycles. The zero-order chi connectivity index (χ0) is 22.4. The number of amidine groups is 1. The number of carbonyl (C=O) groups is 2. The summed E-state index contributed by atoms with van der Waals surface area (Å²) < 4.78 is 11.1. The van der Waals surface area contributed by atoms with Gasteiger partial charge in [0.2, 0.25) is 0 Å². The Kier molecular flexibility index (Phi) is 7.19. The summed E-state index contributed by atoms with van der Waals surface area (Å²) in [6.07, 6.45) is 1.60. The molecule has 1 aliphatic rings. The number of aryl methyl sites for hydroxylation is 1. The van der Waals surface area contributed by atoms with Gasteiger partial charge >= 0.3 is 5.97 Å². The predicted octanol–water partition coefficient (Wildman–Crippen LogP) is 3.84. The van der Waals surface area contributed by atoms with Crippen LogP contribution in [0.3, 0.4) is 0 Å². The van der Waals surface area contributed by atoms with Gasteiger partial charge in [-0.15, -0.1) is 0 Å². The fourth-order valence-corrected chi connectivity index (χ4v) is 3.59. The molecule has 1 amide bonds. The van der Waals surface area contributed by atoms with Crippen molar-refractivity contribution in [3.05, 3.63) is 52.4 Å². The molecule has 2 aromatic carbocycles. The van der Waals surface area contributed by atoms with E-state index >= 15 is 0 Å². The summed E-state index contributed by atoms with van der Waals surface area (Å²) in [5, 5.41) is 21.5. The first-order chi connectivity index (χ1) is 14.9. The molecule has 3 rings (SSSR count). The van der Waals surface area contributed by atoms with Crippen LogP contribution in [-0.2, 0) is 9.59 Å². The van der Waals surface area contributed by atoms with Crippen LogP contribution in [-0.4, -0.2) is 40.5 Å². The van der Waals surface area contributed by atoms with Crippen LogP contribution in [0.15, 0.2) is 46.3 Å². The topological polar surface area (TPSA) is 117 Å². The number of aliphatic imine (C=N–C) groups is 1. The average Bonchev–Trinajstić information content (AvgIpc) is 3.04. The van der Waals surface area contributed by atoms with Crippen molar-refractivity contribution < 1.29 is 29.3 Å². The first-order valence-electron chi connectivity index (χ1n) is 9.56. The number of thioether (sulfide) groups is 1. The van der Waals surface area contributed by atoms with E-state index in [0.717, 1.165) is 11.1 Å². The molecular formula is C22H22N2O6S. The standard InChI is InChI=1S/C22H22N2O6S/c1-3-29-18-11-14(4-7-17(18)30-9-8-20(26)27)12-19-21(28)24-22(31-19)23-16-6-5-15(25)10-13(16)2/h4-7,10-12,25H,3,8-9H2,1-2H3,(H,26,27)(H,23,24,28)/b19-12+. The van der Waals surface area contributed by atoms with E-state index in [0.29, 0.717) is 33.9 Å². The van der Waals surface area contributed by atoms with Gasteiger partial charge in [-0.3, -0.25) is 9.59 Å². The predicted molar refractivity (Wildman–Crippen MR) is 119 cm³/mol. The third kappa shape index (κ3) is 6.02. The van der Waals surface area contributed by atoms with E-state index in [9.17, 15) is 14.7 Å². The zero-order valence-corrected chi connectivity index (χ0v) is 17.9. The SMILES string of the molecule is CCOc1cc(/C=C2/SC(=Nc3ccc(O)cc3C)NC2=O)ccc1OCCC(=O)O. The molecule has 0 atom stereocenters. The number of carboxylic acids is 1. The monoisotopic (exact) mass is 442 g/mol. The maximum Gasteiger partial charge on any atom is 0.306 e. The number of hydrogen-bond acceptors (Lipinski definition) is 7. The smallest absolute Gasteiger partial charge is 0.306 e. The number of phenolic OH excluding ortho intramolecular Hbond substituents is 1. The van der Waals surface area contributed by atoms with Crippen molar-refractivity contribution in [2.24, 2.45) is 4.99 Å². The number of benzene rings is 2. The van der Waals surface area contributed by atoms with Crippen molar-refractivity contribution >= 4 is 40.6 Å². The molecule has 162 valence electrons. The lowest BCUT2D eigenvalue weighted by molar-refractivity contribution is -0.137. The summed E-state index contributed by atoms with van der Waals surface area (Å²) in [6, 6.07) is 10.0. The Labute approximate surface area is 183 Å². The number of rotatable bonds is 8. The summed E-state index contributed by atoms with van der Waals surface area (Å²) in [6.45, 7) is 4.10. The van der Waals surface area contributed by atoms with Crippen LogP contribution < -0.4 is 14.8 Å². The van der Waals surface area contributed by atoms with Crippen molar-refractivity contribution in [3.8, 4) is 17.2 Å². The van der Waals surface area contributed by atoms with Crippen molar-refractivity contribution in [1.82, 2.24) is 5.32 Å². The first-order valence-corrected chi connectivity index (χ1v) is 10.4. The summed E-state index contributed by atoms with van der Waals surface area (Å²) in [4.78, 5) is 28.0. The molecule has 1 saturated heterocycles. The number of carboxylic acid groups (broad SMARTS) is 1. The number of nitrogens with one attached hydrogen (secondary N) is 1. The average molecular weight is 442 g/mol. The molecule has 0 aliphatic carbocycles. The third-order valence-corrected chi connectivity index (χ3v) is 5.10. The lowest BCUT2D eigenvalue weighted by Gasteiger charge is -2.12. The number of phenols is 1. The Balaban J connectivity index is 1.78. The highest BCUT2D eigenvalue weighted by Crippen LogP contribution is 2.33. The lowest BCUT2D eigenvalue weighted by Crippen LogP contribution is -2.19. The Morgan fingerprint density at radius 2 is 2.00 bits per heavy atom. The van der Waals surface area contributed by atoms with Crippen LogP contribution in [0.2, 0.25) is 0 Å². The van der Waals surface area contributed by atoms with Gasteiger partial charge in [-0.25, -0.2) is 4.99 Å². The molecule has 0 aromatic heterocycles. The molecule has 8 nitrogen and oxygen atoms in total. The van der Waals surface area contributed by atoms with Gasteiger partial charge < -0.3 is 25.0 Å². The number of carbonyl (C=O) groups excluding carboxylic acids is 1. The van der Waals surface area contributed by atoms with E-state index < -0.39 is 5.97 Å². The largest absolute Gasteiger partial charge is 0.508 e. The van der Waals surface area contributed by atoms with Gasteiger partial charge in [0.15, 0.2) is 16.7 Å². The Morgan fingerprint density at radius 3 is 2.71 bits per heavy atom. The lowest BCUT2D eigenvalue weighted by atomic mass is 10.2. The Hall–Kier alpha value is -3.46. The molecular weight excluding hydrogens is 420 g/mol. The summed E-state index contributed by atoms with van der Waals surface area (Å²) in [5.41, 5.74) is 2.18. The minimum Gasteiger partial charge on any atom is -0.508 e. The van der Waals surface area contributed by atoms with E-state index in [4.69, 9.17) is 14.6 Å². The first kappa shape index (κ1) is 22.2. The molecule has 3 N–H and O–H groups in total. The molecule has 0 saturated carbocycles. The fourth-order valence-electron chi connectivity index (χ4n) is 2.76. The molecule has 1 fully saturated rings.